The molecule has 9 heteroatoms. The van der Waals surface area contributed by atoms with E-state index in [1.54, 1.807) is 37.7 Å². The summed E-state index contributed by atoms with van der Waals surface area (Å²) in [7, 11) is 3.64. The smallest absolute Gasteiger partial charge is 0.257 e. The first-order valence-corrected chi connectivity index (χ1v) is 13.0. The van der Waals surface area contributed by atoms with Gasteiger partial charge in [0.25, 0.3) is 5.91 Å². The SMILES string of the molecule is COc1ccc(CN(C)c2cc3ncc(-c4cc(C(=O)Nc5cccc(C(C)(C)C#N)c5)cnn4)cc3cn2)cc1. The summed E-state index contributed by atoms with van der Waals surface area (Å²) < 4.78 is 5.24. The molecule has 1 amide bonds. The van der Waals surface area contributed by atoms with Gasteiger partial charge in [-0.2, -0.15) is 15.5 Å². The Morgan fingerprint density at radius 1 is 1.02 bits per heavy atom. The van der Waals surface area contributed by atoms with E-state index in [0.717, 1.165) is 39.2 Å². The molecule has 0 aliphatic rings. The van der Waals surface area contributed by atoms with Crippen molar-refractivity contribution in [1.82, 2.24) is 20.2 Å². The standard InChI is InChI=1S/C32H29N7O2/c1-32(2,20-33)25-6-5-7-26(14-25)37-31(40)24-13-29(38-36-18-24)23-12-22-17-35-30(15-28(22)34-16-23)39(3)19-21-8-10-27(41-4)11-9-21/h5-18H,19H2,1-4H3,(H,37,40). The molecule has 0 fully saturated rings. The van der Waals surface area contributed by atoms with Gasteiger partial charge in [0.15, 0.2) is 0 Å². The van der Waals surface area contributed by atoms with Crippen LogP contribution in [0.1, 0.15) is 35.3 Å². The molecular formula is C32H29N7O2. The first-order valence-electron chi connectivity index (χ1n) is 13.0. The molecule has 0 bridgehead atoms. The van der Waals surface area contributed by atoms with Gasteiger partial charge in [-0.1, -0.05) is 24.3 Å². The monoisotopic (exact) mass is 543 g/mol. The van der Waals surface area contributed by atoms with Crippen molar-refractivity contribution in [2.45, 2.75) is 25.8 Å². The minimum Gasteiger partial charge on any atom is -0.497 e. The van der Waals surface area contributed by atoms with Crippen molar-refractivity contribution in [1.29, 1.82) is 5.26 Å². The highest BCUT2D eigenvalue weighted by molar-refractivity contribution is 6.04. The summed E-state index contributed by atoms with van der Waals surface area (Å²) in [4.78, 5) is 24.4. The number of nitrogens with one attached hydrogen (secondary N) is 1. The number of aromatic nitrogens is 4. The summed E-state index contributed by atoms with van der Waals surface area (Å²) in [5, 5.41) is 21.5. The highest BCUT2D eigenvalue weighted by Crippen LogP contribution is 2.26. The number of anilines is 2. The second-order valence-corrected chi connectivity index (χ2v) is 10.3. The fraction of sp³-hybridized carbons (Fsp3) is 0.188. The third kappa shape index (κ3) is 6.12. The van der Waals surface area contributed by atoms with Crippen LogP contribution in [0.3, 0.4) is 0 Å². The fourth-order valence-electron chi connectivity index (χ4n) is 4.33. The molecule has 3 aromatic heterocycles. The highest BCUT2D eigenvalue weighted by atomic mass is 16.5. The van der Waals surface area contributed by atoms with E-state index in [1.165, 1.54) is 6.20 Å². The number of pyridine rings is 2. The number of methoxy groups -OCH3 is 1. The van der Waals surface area contributed by atoms with Crippen LogP contribution < -0.4 is 15.0 Å². The van der Waals surface area contributed by atoms with Crippen molar-refractivity contribution in [3.63, 3.8) is 0 Å². The number of amides is 1. The normalized spacial score (nSPS) is 11.1. The molecule has 0 radical (unpaired) electrons. The Morgan fingerprint density at radius 3 is 2.59 bits per heavy atom. The Labute approximate surface area is 238 Å². The van der Waals surface area contributed by atoms with Crippen LogP contribution in [0, 0.1) is 11.3 Å². The van der Waals surface area contributed by atoms with Crippen molar-refractivity contribution in [2.75, 3.05) is 24.4 Å². The second-order valence-electron chi connectivity index (χ2n) is 10.3. The van der Waals surface area contributed by atoms with Gasteiger partial charge in [0.2, 0.25) is 0 Å². The van der Waals surface area contributed by atoms with Crippen molar-refractivity contribution in [2.24, 2.45) is 0 Å². The minimum absolute atomic E-state index is 0.326. The second kappa shape index (κ2) is 11.4. The number of hydrogen-bond donors (Lipinski definition) is 1. The maximum Gasteiger partial charge on any atom is 0.257 e. The summed E-state index contributed by atoms with van der Waals surface area (Å²) in [6.07, 6.45) is 4.92. The summed E-state index contributed by atoms with van der Waals surface area (Å²) in [5.41, 5.74) is 4.27. The average molecular weight is 544 g/mol. The number of nitrogens with zero attached hydrogens (tertiary/aromatic N) is 6. The van der Waals surface area contributed by atoms with Crippen LogP contribution in [-0.4, -0.2) is 40.2 Å². The average Bonchev–Trinajstić information content (AvgIpc) is 3.01. The third-order valence-corrected chi connectivity index (χ3v) is 6.86. The Hall–Kier alpha value is -5.36. The van der Waals surface area contributed by atoms with Crippen molar-refractivity contribution in [3.8, 4) is 23.1 Å². The lowest BCUT2D eigenvalue weighted by Crippen LogP contribution is -2.17. The van der Waals surface area contributed by atoms with E-state index in [4.69, 9.17) is 4.74 Å². The summed E-state index contributed by atoms with van der Waals surface area (Å²) >= 11 is 0. The van der Waals surface area contributed by atoms with E-state index in [9.17, 15) is 10.1 Å². The molecule has 0 saturated carbocycles. The van der Waals surface area contributed by atoms with Gasteiger partial charge in [0, 0.05) is 48.7 Å². The number of benzene rings is 2. The van der Waals surface area contributed by atoms with Crippen LogP contribution in [0.2, 0.25) is 0 Å². The van der Waals surface area contributed by atoms with Crippen LogP contribution in [0.5, 0.6) is 5.75 Å². The number of rotatable bonds is 8. The molecule has 204 valence electrons. The minimum atomic E-state index is -0.670. The van der Waals surface area contributed by atoms with Crippen LogP contribution in [0.25, 0.3) is 22.2 Å². The molecular weight excluding hydrogens is 514 g/mol. The Morgan fingerprint density at radius 2 is 1.83 bits per heavy atom. The molecule has 0 aliphatic carbocycles. The van der Waals surface area contributed by atoms with E-state index in [0.29, 0.717) is 23.5 Å². The van der Waals surface area contributed by atoms with Crippen LogP contribution >= 0.6 is 0 Å². The van der Waals surface area contributed by atoms with Gasteiger partial charge < -0.3 is 15.0 Å². The molecule has 0 spiro atoms. The van der Waals surface area contributed by atoms with Crippen molar-refractivity contribution in [3.05, 3.63) is 102 Å². The third-order valence-electron chi connectivity index (χ3n) is 6.86. The largest absolute Gasteiger partial charge is 0.497 e. The molecule has 3 heterocycles. The molecule has 0 unspecified atom stereocenters. The number of ether oxygens (including phenoxy) is 1. The summed E-state index contributed by atoms with van der Waals surface area (Å²) in [6, 6.07) is 23.1. The van der Waals surface area contributed by atoms with E-state index in [1.807, 2.05) is 69.4 Å². The van der Waals surface area contributed by atoms with Crippen LogP contribution in [-0.2, 0) is 12.0 Å². The lowest BCUT2D eigenvalue weighted by Gasteiger charge is -2.18. The number of nitriles is 1. The zero-order valence-corrected chi connectivity index (χ0v) is 23.3. The van der Waals surface area contributed by atoms with Gasteiger partial charge >= 0.3 is 0 Å². The van der Waals surface area contributed by atoms with Crippen molar-refractivity contribution >= 4 is 28.3 Å². The Balaban J connectivity index is 1.32. The molecule has 0 saturated heterocycles. The lowest BCUT2D eigenvalue weighted by atomic mass is 9.86. The van der Waals surface area contributed by atoms with Gasteiger partial charge in [0.05, 0.1) is 41.6 Å². The van der Waals surface area contributed by atoms with Gasteiger partial charge in [-0.05, 0) is 61.4 Å². The quantitative estimate of drug-likeness (QED) is 0.262. The van der Waals surface area contributed by atoms with Gasteiger partial charge in [-0.15, -0.1) is 0 Å². The molecule has 41 heavy (non-hydrogen) atoms. The van der Waals surface area contributed by atoms with Gasteiger partial charge in [-0.25, -0.2) is 4.98 Å². The zero-order chi connectivity index (χ0) is 29.0. The fourth-order valence-corrected chi connectivity index (χ4v) is 4.33. The van der Waals surface area contributed by atoms with Crippen molar-refractivity contribution < 1.29 is 9.53 Å². The number of carbonyl (C=O) groups is 1. The number of fused-ring (bicyclic) bond motifs is 1. The molecule has 9 nitrogen and oxygen atoms in total. The molecule has 5 rings (SSSR count). The predicted molar refractivity (Wildman–Crippen MR) is 159 cm³/mol. The lowest BCUT2D eigenvalue weighted by molar-refractivity contribution is 0.102. The van der Waals surface area contributed by atoms with Crippen LogP contribution in [0.15, 0.2) is 85.3 Å². The summed E-state index contributed by atoms with van der Waals surface area (Å²) in [5.74, 6) is 1.30. The predicted octanol–water partition coefficient (Wildman–Crippen LogP) is 5.79. The Bertz CT molecular complexity index is 1760. The first kappa shape index (κ1) is 27.2. The Kier molecular flexibility index (Phi) is 7.57. The molecule has 0 aliphatic heterocycles. The van der Waals surface area contributed by atoms with E-state index in [-0.39, 0.29) is 5.91 Å². The van der Waals surface area contributed by atoms with E-state index < -0.39 is 5.41 Å². The highest BCUT2D eigenvalue weighted by Gasteiger charge is 2.20. The van der Waals surface area contributed by atoms with Gasteiger partial charge in [-0.3, -0.25) is 9.78 Å². The zero-order valence-electron chi connectivity index (χ0n) is 23.3. The van der Waals surface area contributed by atoms with E-state index >= 15 is 0 Å². The maximum atomic E-state index is 13.0. The molecule has 5 aromatic rings. The number of carbonyl (C=O) groups excluding carboxylic acids is 1. The van der Waals surface area contributed by atoms with Crippen LogP contribution in [0.4, 0.5) is 11.5 Å². The maximum absolute atomic E-state index is 13.0. The van der Waals surface area contributed by atoms with Gasteiger partial charge in [0.1, 0.15) is 11.6 Å². The topological polar surface area (TPSA) is 117 Å². The van der Waals surface area contributed by atoms with E-state index in [2.05, 4.69) is 36.5 Å². The molecule has 1 N–H and O–H groups in total. The molecule has 0 atom stereocenters. The molecule has 2 aromatic carbocycles. The first-order chi connectivity index (χ1) is 19.8. The number of hydrogen-bond acceptors (Lipinski definition) is 8. The summed E-state index contributed by atoms with van der Waals surface area (Å²) in [6.45, 7) is 4.36.